The Morgan fingerprint density at radius 3 is 2.92 bits per heavy atom. The van der Waals surface area contributed by atoms with Crippen molar-refractivity contribution in [2.75, 3.05) is 18.0 Å². The summed E-state index contributed by atoms with van der Waals surface area (Å²) in [4.78, 5) is 1.94. The first-order chi connectivity index (χ1) is 11.4. The van der Waals surface area contributed by atoms with Gasteiger partial charge in [-0.1, -0.05) is 0 Å². The molecule has 2 heterocycles. The van der Waals surface area contributed by atoms with Gasteiger partial charge in [0.1, 0.15) is 11.9 Å². The first kappa shape index (κ1) is 16.4. The van der Waals surface area contributed by atoms with Crippen LogP contribution in [0, 0.1) is 17.1 Å². The number of nitrogens with one attached hydrogen (secondary N) is 1. The number of aromatic nitrogens is 2. The number of anilines is 1. The Balaban J connectivity index is 1.73. The van der Waals surface area contributed by atoms with Gasteiger partial charge in [-0.15, -0.1) is 0 Å². The summed E-state index contributed by atoms with van der Waals surface area (Å²) >= 11 is 0. The molecule has 7 nitrogen and oxygen atoms in total. The van der Waals surface area contributed by atoms with Crippen LogP contribution in [0.15, 0.2) is 35.5 Å². The summed E-state index contributed by atoms with van der Waals surface area (Å²) in [5.41, 5.74) is 0.647. The molecular formula is C15H16FN5O2S. The van der Waals surface area contributed by atoms with Crippen molar-refractivity contribution in [1.29, 1.82) is 5.26 Å². The van der Waals surface area contributed by atoms with Crippen molar-refractivity contribution in [2.45, 2.75) is 17.4 Å². The number of halogens is 1. The number of hydrogen-bond donors (Lipinski definition) is 1. The first-order valence-electron chi connectivity index (χ1n) is 7.34. The number of benzene rings is 1. The second-order valence-electron chi connectivity index (χ2n) is 5.68. The van der Waals surface area contributed by atoms with Crippen molar-refractivity contribution in [3.8, 4) is 6.07 Å². The van der Waals surface area contributed by atoms with E-state index in [4.69, 9.17) is 5.26 Å². The number of sulfonamides is 1. The molecule has 1 aliphatic rings. The number of aryl methyl sites for hydroxylation is 1. The minimum Gasteiger partial charge on any atom is -0.367 e. The summed E-state index contributed by atoms with van der Waals surface area (Å²) in [7, 11) is -1.99. The Labute approximate surface area is 139 Å². The maximum absolute atomic E-state index is 13.4. The van der Waals surface area contributed by atoms with E-state index in [1.807, 2.05) is 18.1 Å². The molecule has 1 aromatic heterocycles. The van der Waals surface area contributed by atoms with Gasteiger partial charge in [-0.2, -0.15) is 10.4 Å². The molecule has 9 heteroatoms. The lowest BCUT2D eigenvalue weighted by atomic mass is 10.2. The highest BCUT2D eigenvalue weighted by Gasteiger charge is 2.28. The van der Waals surface area contributed by atoms with E-state index in [2.05, 4.69) is 9.82 Å². The molecule has 1 N–H and O–H groups in total. The van der Waals surface area contributed by atoms with Crippen LogP contribution >= 0.6 is 0 Å². The summed E-state index contributed by atoms with van der Waals surface area (Å²) < 4.78 is 42.5. The fourth-order valence-corrected chi connectivity index (χ4v) is 3.99. The predicted octanol–water partition coefficient (Wildman–Crippen LogP) is 0.988. The first-order valence-corrected chi connectivity index (χ1v) is 8.83. The van der Waals surface area contributed by atoms with Gasteiger partial charge in [-0.3, -0.25) is 4.68 Å². The zero-order chi connectivity index (χ0) is 17.3. The van der Waals surface area contributed by atoms with Gasteiger partial charge in [0, 0.05) is 32.4 Å². The normalized spacial score (nSPS) is 17.9. The van der Waals surface area contributed by atoms with Gasteiger partial charge in [-0.05, 0) is 24.6 Å². The van der Waals surface area contributed by atoms with Gasteiger partial charge in [-0.25, -0.2) is 17.5 Å². The van der Waals surface area contributed by atoms with Gasteiger partial charge in [0.2, 0.25) is 10.0 Å². The molecule has 3 rings (SSSR count). The molecule has 0 spiro atoms. The van der Waals surface area contributed by atoms with Crippen molar-refractivity contribution in [3.63, 3.8) is 0 Å². The molecule has 0 aliphatic carbocycles. The van der Waals surface area contributed by atoms with Gasteiger partial charge >= 0.3 is 0 Å². The zero-order valence-electron chi connectivity index (χ0n) is 13.0. The van der Waals surface area contributed by atoms with E-state index >= 15 is 0 Å². The molecule has 2 aromatic rings. The number of rotatable bonds is 4. The van der Waals surface area contributed by atoms with E-state index in [1.165, 1.54) is 0 Å². The van der Waals surface area contributed by atoms with Crippen LogP contribution in [0.2, 0.25) is 0 Å². The highest BCUT2D eigenvalue weighted by molar-refractivity contribution is 7.89. The average Bonchev–Trinajstić information content (AvgIpc) is 3.16. The topological polar surface area (TPSA) is 91.0 Å². The van der Waals surface area contributed by atoms with Crippen LogP contribution in [-0.2, 0) is 17.1 Å². The number of nitrogens with zero attached hydrogens (tertiary/aromatic N) is 4. The van der Waals surface area contributed by atoms with E-state index in [0.29, 0.717) is 19.5 Å². The van der Waals surface area contributed by atoms with E-state index < -0.39 is 15.8 Å². The van der Waals surface area contributed by atoms with Crippen LogP contribution in [0.4, 0.5) is 10.1 Å². The maximum Gasteiger partial charge on any atom is 0.240 e. The van der Waals surface area contributed by atoms with Crippen molar-refractivity contribution in [3.05, 3.63) is 42.0 Å². The molecular weight excluding hydrogens is 333 g/mol. The van der Waals surface area contributed by atoms with Crippen LogP contribution in [0.25, 0.3) is 0 Å². The van der Waals surface area contributed by atoms with Gasteiger partial charge in [0.15, 0.2) is 0 Å². The lowest BCUT2D eigenvalue weighted by molar-refractivity contribution is 0.560. The molecule has 1 fully saturated rings. The standard InChI is InChI=1S/C15H16FN5O2S/c1-20-10-13(8-18-20)21-5-4-12(9-21)19-24(22,23)14-2-3-15(16)11(6-14)7-17/h2-3,6,8,10,12,19H,4-5,9H2,1H3. The van der Waals surface area contributed by atoms with Crippen LogP contribution in [0.1, 0.15) is 12.0 Å². The Hall–Kier alpha value is -2.44. The van der Waals surface area contributed by atoms with Crippen LogP contribution in [0.3, 0.4) is 0 Å². The Morgan fingerprint density at radius 1 is 1.46 bits per heavy atom. The smallest absolute Gasteiger partial charge is 0.240 e. The highest BCUT2D eigenvalue weighted by atomic mass is 32.2. The minimum absolute atomic E-state index is 0.111. The van der Waals surface area contributed by atoms with Gasteiger partial charge < -0.3 is 4.90 Å². The Bertz CT molecular complexity index is 903. The van der Waals surface area contributed by atoms with Crippen LogP contribution in [0.5, 0.6) is 0 Å². The lowest BCUT2D eigenvalue weighted by Crippen LogP contribution is -2.37. The maximum atomic E-state index is 13.4. The molecule has 1 saturated heterocycles. The molecule has 126 valence electrons. The van der Waals surface area contributed by atoms with Crippen molar-refractivity contribution < 1.29 is 12.8 Å². The third-order valence-electron chi connectivity index (χ3n) is 3.94. The zero-order valence-corrected chi connectivity index (χ0v) is 13.8. The van der Waals surface area contributed by atoms with Crippen LogP contribution < -0.4 is 9.62 Å². The Morgan fingerprint density at radius 2 is 2.25 bits per heavy atom. The largest absolute Gasteiger partial charge is 0.367 e. The van der Waals surface area contributed by atoms with Crippen molar-refractivity contribution in [1.82, 2.24) is 14.5 Å². The third-order valence-corrected chi connectivity index (χ3v) is 5.45. The minimum atomic E-state index is -3.81. The van der Waals surface area contributed by atoms with E-state index in [-0.39, 0.29) is 16.5 Å². The van der Waals surface area contributed by atoms with Crippen molar-refractivity contribution in [2.24, 2.45) is 7.05 Å². The molecule has 0 amide bonds. The molecule has 1 aromatic carbocycles. The van der Waals surface area contributed by atoms with Gasteiger partial charge in [0.25, 0.3) is 0 Å². The van der Waals surface area contributed by atoms with E-state index in [0.717, 1.165) is 23.9 Å². The average molecular weight is 349 g/mol. The molecule has 0 saturated carbocycles. The molecule has 0 radical (unpaired) electrons. The Kier molecular flexibility index (Phi) is 4.26. The fraction of sp³-hybridized carbons (Fsp3) is 0.333. The summed E-state index contributed by atoms with van der Waals surface area (Å²) in [5.74, 6) is -0.736. The summed E-state index contributed by atoms with van der Waals surface area (Å²) in [6, 6.07) is 4.58. The van der Waals surface area contributed by atoms with Crippen molar-refractivity contribution >= 4 is 15.7 Å². The SMILES string of the molecule is Cn1cc(N2CCC(NS(=O)(=O)c3ccc(F)c(C#N)c3)C2)cn1. The summed E-state index contributed by atoms with van der Waals surface area (Å²) in [6.45, 7) is 1.24. The number of hydrogen-bond acceptors (Lipinski definition) is 5. The summed E-state index contributed by atoms with van der Waals surface area (Å²) in [5, 5.41) is 12.9. The third kappa shape index (κ3) is 3.25. The second kappa shape index (κ2) is 6.22. The molecule has 0 bridgehead atoms. The highest BCUT2D eigenvalue weighted by Crippen LogP contribution is 2.21. The van der Waals surface area contributed by atoms with Crippen LogP contribution in [-0.4, -0.2) is 37.3 Å². The fourth-order valence-electron chi connectivity index (χ4n) is 2.71. The predicted molar refractivity (Wildman–Crippen MR) is 85.3 cm³/mol. The molecule has 1 unspecified atom stereocenters. The quantitative estimate of drug-likeness (QED) is 0.889. The van der Waals surface area contributed by atoms with Gasteiger partial charge in [0.05, 0.1) is 22.3 Å². The number of nitriles is 1. The molecule has 24 heavy (non-hydrogen) atoms. The molecule has 1 aliphatic heterocycles. The molecule has 1 atom stereocenters. The lowest BCUT2D eigenvalue weighted by Gasteiger charge is -2.17. The second-order valence-corrected chi connectivity index (χ2v) is 7.39. The summed E-state index contributed by atoms with van der Waals surface area (Å²) in [6.07, 6.45) is 4.26. The van der Waals surface area contributed by atoms with E-state index in [9.17, 15) is 12.8 Å². The van der Waals surface area contributed by atoms with E-state index in [1.54, 1.807) is 16.9 Å². The monoisotopic (exact) mass is 349 g/mol.